The molecule has 5 aliphatic heterocycles. The monoisotopic (exact) mass is 1200 g/mol. The first-order chi connectivity index (χ1) is 40.5. The van der Waals surface area contributed by atoms with Crippen molar-refractivity contribution in [3.63, 3.8) is 0 Å². The quantitative estimate of drug-likeness (QED) is 0.0327. The van der Waals surface area contributed by atoms with Gasteiger partial charge in [0.15, 0.2) is 32.2 Å². The molecule has 2 aromatic rings. The summed E-state index contributed by atoms with van der Waals surface area (Å²) in [5.74, 6) is -8.10. The predicted molar refractivity (Wildman–Crippen MR) is 302 cm³/mol. The first-order valence-corrected chi connectivity index (χ1v) is 29.8. The highest BCUT2D eigenvalue weighted by molar-refractivity contribution is 5.86. The van der Waals surface area contributed by atoms with Gasteiger partial charge in [-0.15, -0.1) is 17.9 Å². The molecule has 8 atom stereocenters. The summed E-state index contributed by atoms with van der Waals surface area (Å²) in [5.41, 5.74) is 1.84. The van der Waals surface area contributed by atoms with Crippen LogP contribution in [0.25, 0.3) is 0 Å². The molecule has 6 heterocycles. The number of aliphatic carboxylic acids is 7. The first-order valence-electron chi connectivity index (χ1n) is 29.8. The van der Waals surface area contributed by atoms with Gasteiger partial charge in [-0.2, -0.15) is 15.0 Å². The van der Waals surface area contributed by atoms with Crippen LogP contribution in [0.15, 0.2) is 24.3 Å². The lowest BCUT2D eigenvalue weighted by Crippen LogP contribution is -2.86. The fourth-order valence-corrected chi connectivity index (χ4v) is 15.2. The van der Waals surface area contributed by atoms with Crippen LogP contribution in [0.3, 0.4) is 0 Å². The number of rotatable bonds is 37. The fraction of sp³-hybridized carbons (Fsp3) is 0.679. The van der Waals surface area contributed by atoms with Crippen LogP contribution in [-0.4, -0.2) is 270 Å². The Hall–Kier alpha value is -7.34. The van der Waals surface area contributed by atoms with Crippen LogP contribution in [0, 0.1) is 0 Å². The number of carbonyl (C=O) groups excluding carboxylic acids is 2. The van der Waals surface area contributed by atoms with Crippen molar-refractivity contribution in [3.05, 3.63) is 41.2 Å². The number of piperazine rings is 1. The fourth-order valence-electron chi connectivity index (χ4n) is 15.2. The second-order valence-electron chi connectivity index (χ2n) is 23.9. The second-order valence-corrected chi connectivity index (χ2v) is 23.9. The van der Waals surface area contributed by atoms with Crippen molar-refractivity contribution in [3.8, 4) is 0 Å². The molecule has 5 saturated heterocycles. The number of nitrogens with one attached hydrogen (secondary N) is 4. The van der Waals surface area contributed by atoms with E-state index in [0.29, 0.717) is 95.6 Å². The molecule has 1 spiro atoms. The molecule has 29 nitrogen and oxygen atoms in total. The molecule has 5 fully saturated rings. The lowest BCUT2D eigenvalue weighted by Gasteiger charge is -2.50. The summed E-state index contributed by atoms with van der Waals surface area (Å²) < 4.78 is -0.219. The van der Waals surface area contributed by atoms with Gasteiger partial charge in [-0.1, -0.05) is 62.8 Å². The number of carbonyl (C=O) groups is 9. The van der Waals surface area contributed by atoms with E-state index >= 15 is 0 Å². The SMILES string of the molecule is CNc1nc(Cc2ccc(CC3C[N@@+]4(CC(=O)O)CC[N+]5(CC(=O)O)CC[N@@+]6(CC(=O)O)CC[N@+]3(CC(=O)O)C564)cc2)nc(N2CCN(CCCCCCCCCCC(=O)NCCCC[C@H](NC(=O)N[C@@H](CCC(=O)O)C(=O)O)C(=O)O)CC2)n1. The molecular weight excluding hydrogens is 1110 g/mol. The maximum absolute atomic E-state index is 13.0. The van der Waals surface area contributed by atoms with E-state index in [9.17, 15) is 73.8 Å². The van der Waals surface area contributed by atoms with Crippen LogP contribution < -0.4 is 26.2 Å². The Bertz CT molecular complexity index is 2720. The average Bonchev–Trinajstić information content (AvgIpc) is 1.45. The van der Waals surface area contributed by atoms with Gasteiger partial charge in [-0.25, -0.2) is 33.6 Å². The molecule has 29 heteroatoms. The first kappa shape index (κ1) is 65.2. The molecule has 85 heavy (non-hydrogen) atoms. The van der Waals surface area contributed by atoms with Crippen molar-refractivity contribution < 1.29 is 96.8 Å². The zero-order valence-corrected chi connectivity index (χ0v) is 48.7. The number of benzene rings is 1. The maximum Gasteiger partial charge on any atom is 0.483 e. The molecule has 0 radical (unpaired) electrons. The maximum atomic E-state index is 13.0. The zero-order valence-electron chi connectivity index (χ0n) is 48.7. The molecule has 1 aromatic carbocycles. The Morgan fingerprint density at radius 1 is 0.576 bits per heavy atom. The Balaban J connectivity index is 0.806. The van der Waals surface area contributed by atoms with E-state index in [4.69, 9.17) is 15.1 Å². The lowest BCUT2D eigenvalue weighted by atomic mass is 10.0. The Morgan fingerprint density at radius 3 is 1.67 bits per heavy atom. The van der Waals surface area contributed by atoms with Gasteiger partial charge in [0.05, 0.1) is 0 Å². The highest BCUT2D eigenvalue weighted by Gasteiger charge is 3.01. The number of anilines is 2. The van der Waals surface area contributed by atoms with Crippen molar-refractivity contribution >= 4 is 65.6 Å². The highest BCUT2D eigenvalue weighted by Crippen LogP contribution is 2.64. The number of urea groups is 1. The Morgan fingerprint density at radius 2 is 1.11 bits per heavy atom. The van der Waals surface area contributed by atoms with Crippen molar-refractivity contribution in [2.75, 3.05) is 129 Å². The molecule has 3 unspecified atom stereocenters. The molecule has 468 valence electrons. The van der Waals surface area contributed by atoms with Crippen molar-refractivity contribution in [1.29, 1.82) is 0 Å². The standard InChI is InChI=1S/C56H83N13O16/c1-57-53-61-44(33-40-16-14-39(15-17-40)32-41-34-68(37-49(77)78)29-28-66(35-47(73)74)26-27-67(36-48(75)76)30-31-69(41,38-50(79)80)56(66,67)68)62-54(63-53)65-24-22-64(23-25-65)21-11-7-5-3-2-4-6-8-13-45(70)58-20-10-9-12-42(51(81)82)59-55(85)60-43(52(83)84)18-19-46(71)72/h14-17,41-43H,2-13,18-38H2,1H3,(H7-4,57,58,59,60,61,62,63,70,71,72,73,74,75,76,77,78,79,80,81,82,83,84,85)/p+4/t41?,42-,43-,56?,66?,67-,68+,69+/m0/s1. The average molecular weight is 1200 g/mol. The molecule has 11 N–H and O–H groups in total. The second kappa shape index (κ2) is 28.7. The summed E-state index contributed by atoms with van der Waals surface area (Å²) in [6, 6.07) is 3.71. The topological polar surface area (TPSA) is 389 Å². The van der Waals surface area contributed by atoms with Gasteiger partial charge >= 0.3 is 53.7 Å². The van der Waals surface area contributed by atoms with E-state index < -0.39 is 78.3 Å². The van der Waals surface area contributed by atoms with Crippen molar-refractivity contribution in [2.24, 2.45) is 0 Å². The number of amides is 3. The number of carboxylic acids is 7. The van der Waals surface area contributed by atoms with Crippen LogP contribution in [0.2, 0.25) is 0 Å². The third kappa shape index (κ3) is 15.0. The third-order valence-electron chi connectivity index (χ3n) is 18.5. The van der Waals surface area contributed by atoms with Crippen LogP contribution >= 0.6 is 0 Å². The molecular formula is C56H87N13O16+4. The number of hydrogen-bond acceptors (Lipinski definition) is 15. The van der Waals surface area contributed by atoms with E-state index in [0.717, 1.165) is 95.2 Å². The third-order valence-corrected chi connectivity index (χ3v) is 18.5. The summed E-state index contributed by atoms with van der Waals surface area (Å²) in [6.45, 7) is 5.32. The van der Waals surface area contributed by atoms with Crippen LogP contribution in [0.4, 0.5) is 16.7 Å². The summed E-state index contributed by atoms with van der Waals surface area (Å²) in [7, 11) is 1.76. The highest BCUT2D eigenvalue weighted by atomic mass is 16.4. The van der Waals surface area contributed by atoms with Gasteiger partial charge in [0.25, 0.3) is 0 Å². The number of carboxylic acid groups (broad SMARTS) is 7. The summed E-state index contributed by atoms with van der Waals surface area (Å²) in [4.78, 5) is 129. The smallest absolute Gasteiger partial charge is 0.481 e. The molecule has 1 aromatic heterocycles. The minimum Gasteiger partial charge on any atom is -0.481 e. The van der Waals surface area contributed by atoms with Gasteiger partial charge in [-0.3, -0.25) is 14.5 Å². The Kier molecular flexibility index (Phi) is 22.0. The molecule has 3 amide bonds. The normalized spacial score (nSPS) is 25.5. The van der Waals surface area contributed by atoms with Gasteiger partial charge < -0.3 is 61.9 Å². The van der Waals surface area contributed by atoms with Crippen LogP contribution in [0.5, 0.6) is 0 Å². The van der Waals surface area contributed by atoms with Crippen LogP contribution in [-0.2, 0) is 51.2 Å². The van der Waals surface area contributed by atoms with E-state index in [2.05, 4.69) is 36.1 Å². The summed E-state index contributed by atoms with van der Waals surface area (Å²) in [5, 5.41) is 79.6. The van der Waals surface area contributed by atoms with E-state index in [1.165, 1.54) is 0 Å². The Labute approximate surface area is 493 Å². The molecule has 0 saturated carbocycles. The van der Waals surface area contributed by atoms with Gasteiger partial charge in [-0.05, 0) is 56.2 Å². The van der Waals surface area contributed by atoms with Crippen LogP contribution in [0.1, 0.15) is 107 Å². The molecule has 0 bridgehead atoms. The largest absolute Gasteiger partial charge is 0.483 e. The van der Waals surface area contributed by atoms with Gasteiger partial charge in [0.1, 0.15) is 63.7 Å². The number of unbranched alkanes of at least 4 members (excludes halogenated alkanes) is 8. The minimum atomic E-state index is -1.49. The molecule has 5 aliphatic rings. The van der Waals surface area contributed by atoms with Gasteiger partial charge in [0.2, 0.25) is 17.8 Å². The van der Waals surface area contributed by atoms with Gasteiger partial charge in [0, 0.05) is 65.5 Å². The van der Waals surface area contributed by atoms with E-state index in [1.54, 1.807) is 7.05 Å². The number of aromatic nitrogens is 3. The minimum absolute atomic E-state index is 0.0435. The van der Waals surface area contributed by atoms with Crippen molar-refractivity contribution in [2.45, 2.75) is 127 Å². The van der Waals surface area contributed by atoms with E-state index in [1.807, 2.05) is 24.3 Å². The van der Waals surface area contributed by atoms with E-state index in [-0.39, 0.29) is 69.4 Å². The van der Waals surface area contributed by atoms with Crippen molar-refractivity contribution in [1.82, 2.24) is 35.8 Å². The molecule has 0 aliphatic carbocycles. The number of quaternary nitrogens is 4. The summed E-state index contributed by atoms with van der Waals surface area (Å²) >= 11 is 0. The number of nitrogens with zero attached hydrogens (tertiary/aromatic N) is 9. The molecule has 7 rings (SSSR count). The lowest BCUT2D eigenvalue weighted by molar-refractivity contribution is -1.36. The number of hydrogen-bond donors (Lipinski definition) is 11. The predicted octanol–water partition coefficient (Wildman–Crippen LogP) is 0.676. The summed E-state index contributed by atoms with van der Waals surface area (Å²) in [6.07, 6.45) is 9.58. The zero-order chi connectivity index (χ0) is 61.6.